The van der Waals surface area contributed by atoms with Crippen molar-refractivity contribution in [2.45, 2.75) is 19.3 Å². The maximum absolute atomic E-state index is 11.7. The zero-order chi connectivity index (χ0) is 12.4. The second-order valence-electron chi connectivity index (χ2n) is 4.18. The van der Waals surface area contributed by atoms with Crippen LogP contribution in [0.5, 0.6) is 0 Å². The molecule has 0 aliphatic heterocycles. The molecule has 1 fully saturated rings. The predicted octanol–water partition coefficient (Wildman–Crippen LogP) is 2.71. The molecule has 0 atom stereocenters. The van der Waals surface area contributed by atoms with Crippen LogP contribution < -0.4 is 11.1 Å². The average Bonchev–Trinajstić information content (AvgIpc) is 2.18. The second kappa shape index (κ2) is 5.02. The lowest BCUT2D eigenvalue weighted by molar-refractivity contribution is -0.122. The zero-order valence-electron chi connectivity index (χ0n) is 9.20. The molecule has 0 bridgehead atoms. The molecular weight excluding hydrogens is 256 g/mol. The number of nitrogens with two attached hydrogens (primary N) is 1. The van der Waals surface area contributed by atoms with E-state index in [2.05, 4.69) is 5.32 Å². The first-order valence-corrected chi connectivity index (χ1v) is 6.27. The number of rotatable bonds is 3. The van der Waals surface area contributed by atoms with Gasteiger partial charge >= 0.3 is 0 Å². The van der Waals surface area contributed by atoms with Gasteiger partial charge in [-0.1, -0.05) is 30.2 Å². The molecule has 0 heterocycles. The highest BCUT2D eigenvalue weighted by Crippen LogP contribution is 2.29. The minimum atomic E-state index is 0.0428. The van der Waals surface area contributed by atoms with Crippen LogP contribution in [0.4, 0.5) is 5.69 Å². The number of nitrogens with one attached hydrogen (secondary N) is 1. The summed E-state index contributed by atoms with van der Waals surface area (Å²) in [4.78, 5) is 12.0. The third kappa shape index (κ3) is 2.76. The lowest BCUT2D eigenvalue weighted by atomic mass is 9.85. The van der Waals surface area contributed by atoms with Gasteiger partial charge in [-0.25, -0.2) is 0 Å². The van der Waals surface area contributed by atoms with Crippen molar-refractivity contribution in [2.75, 3.05) is 5.32 Å². The Labute approximate surface area is 110 Å². The number of halogens is 1. The summed E-state index contributed by atoms with van der Waals surface area (Å²) in [6.07, 6.45) is 3.06. The first-order valence-electron chi connectivity index (χ1n) is 5.48. The van der Waals surface area contributed by atoms with Gasteiger partial charge in [-0.2, -0.15) is 0 Å². The van der Waals surface area contributed by atoms with E-state index in [9.17, 15) is 4.79 Å². The summed E-state index contributed by atoms with van der Waals surface area (Å²) >= 11 is 10.9. The van der Waals surface area contributed by atoms with Crippen molar-refractivity contribution >= 4 is 40.4 Å². The monoisotopic (exact) mass is 268 g/mol. The molecule has 3 nitrogen and oxygen atoms in total. The summed E-state index contributed by atoms with van der Waals surface area (Å²) in [7, 11) is 0. The summed E-state index contributed by atoms with van der Waals surface area (Å²) in [6.45, 7) is 0. The van der Waals surface area contributed by atoms with Gasteiger partial charge in [0, 0.05) is 11.5 Å². The van der Waals surface area contributed by atoms with E-state index in [1.54, 1.807) is 18.2 Å². The number of carbonyl (C=O) groups excluding carboxylic acids is 1. The molecule has 1 aromatic rings. The van der Waals surface area contributed by atoms with E-state index in [0.29, 0.717) is 21.3 Å². The fourth-order valence-electron chi connectivity index (χ4n) is 1.67. The van der Waals surface area contributed by atoms with Crippen molar-refractivity contribution in [3.63, 3.8) is 0 Å². The van der Waals surface area contributed by atoms with Crippen LogP contribution in [0, 0.1) is 5.92 Å². The maximum Gasteiger partial charge on any atom is 0.227 e. The van der Waals surface area contributed by atoms with Gasteiger partial charge in [0.1, 0.15) is 4.99 Å². The molecular formula is C12H13ClN2OS. The van der Waals surface area contributed by atoms with E-state index < -0.39 is 0 Å². The van der Waals surface area contributed by atoms with Crippen LogP contribution in [0.15, 0.2) is 18.2 Å². The lowest BCUT2D eigenvalue weighted by Gasteiger charge is -2.24. The van der Waals surface area contributed by atoms with E-state index in [4.69, 9.17) is 29.6 Å². The average molecular weight is 269 g/mol. The highest BCUT2D eigenvalue weighted by molar-refractivity contribution is 7.80. The third-order valence-corrected chi connectivity index (χ3v) is 3.54. The molecule has 2 rings (SSSR count). The molecule has 1 aliphatic rings. The van der Waals surface area contributed by atoms with Crippen LogP contribution in [0.25, 0.3) is 0 Å². The summed E-state index contributed by atoms with van der Waals surface area (Å²) in [6, 6.07) is 5.15. The largest absolute Gasteiger partial charge is 0.389 e. The Morgan fingerprint density at radius 1 is 1.47 bits per heavy atom. The van der Waals surface area contributed by atoms with Gasteiger partial charge in [-0.15, -0.1) is 0 Å². The topological polar surface area (TPSA) is 55.1 Å². The normalized spacial score (nSPS) is 15.1. The van der Waals surface area contributed by atoms with Crippen LogP contribution >= 0.6 is 23.8 Å². The Morgan fingerprint density at radius 2 is 2.18 bits per heavy atom. The van der Waals surface area contributed by atoms with E-state index in [1.165, 1.54) is 0 Å². The van der Waals surface area contributed by atoms with Gasteiger partial charge in [0.05, 0.1) is 10.7 Å². The second-order valence-corrected chi connectivity index (χ2v) is 5.02. The first kappa shape index (κ1) is 12.3. The number of benzene rings is 1. The number of thiocarbonyl (C=S) groups is 1. The van der Waals surface area contributed by atoms with Crippen LogP contribution in [0.2, 0.25) is 5.02 Å². The molecule has 5 heteroatoms. The predicted molar refractivity (Wildman–Crippen MR) is 73.3 cm³/mol. The SMILES string of the molecule is NC(=S)c1ccc(NC(=O)C2CCC2)c(Cl)c1. The van der Waals surface area contributed by atoms with Crippen LogP contribution in [-0.2, 0) is 4.79 Å². The maximum atomic E-state index is 11.7. The highest BCUT2D eigenvalue weighted by Gasteiger charge is 2.25. The van der Waals surface area contributed by atoms with Crippen molar-refractivity contribution in [1.82, 2.24) is 0 Å². The lowest BCUT2D eigenvalue weighted by Crippen LogP contribution is -2.28. The molecule has 0 aromatic heterocycles. The third-order valence-electron chi connectivity index (χ3n) is 2.99. The van der Waals surface area contributed by atoms with Crippen molar-refractivity contribution in [3.05, 3.63) is 28.8 Å². The summed E-state index contributed by atoms with van der Waals surface area (Å²) < 4.78 is 0. The fourth-order valence-corrected chi connectivity index (χ4v) is 2.03. The van der Waals surface area contributed by atoms with Crippen molar-refractivity contribution in [1.29, 1.82) is 0 Å². The van der Waals surface area contributed by atoms with Crippen LogP contribution in [-0.4, -0.2) is 10.9 Å². The molecule has 0 spiro atoms. The minimum Gasteiger partial charge on any atom is -0.389 e. The van der Waals surface area contributed by atoms with Gasteiger partial charge in [0.2, 0.25) is 5.91 Å². The van der Waals surface area contributed by atoms with E-state index in [1.807, 2.05) is 0 Å². The van der Waals surface area contributed by atoms with Gasteiger partial charge in [-0.3, -0.25) is 4.79 Å². The number of hydrogen-bond acceptors (Lipinski definition) is 2. The molecule has 1 aromatic carbocycles. The summed E-state index contributed by atoms with van der Waals surface area (Å²) in [5.74, 6) is 0.183. The van der Waals surface area contributed by atoms with Gasteiger partial charge < -0.3 is 11.1 Å². The highest BCUT2D eigenvalue weighted by atomic mass is 35.5. The van der Waals surface area contributed by atoms with E-state index in [0.717, 1.165) is 19.3 Å². The Hall–Kier alpha value is -1.13. The Balaban J connectivity index is 2.10. The molecule has 3 N–H and O–H groups in total. The fraction of sp³-hybridized carbons (Fsp3) is 0.333. The summed E-state index contributed by atoms with van der Waals surface area (Å²) in [5.41, 5.74) is 6.81. The smallest absolute Gasteiger partial charge is 0.227 e. The molecule has 1 amide bonds. The zero-order valence-corrected chi connectivity index (χ0v) is 10.8. The molecule has 0 unspecified atom stereocenters. The van der Waals surface area contributed by atoms with Gasteiger partial charge in [0.15, 0.2) is 0 Å². The molecule has 0 radical (unpaired) electrons. The number of hydrogen-bond donors (Lipinski definition) is 2. The standard InChI is InChI=1S/C12H13ClN2OS/c13-9-6-8(11(14)17)4-5-10(9)15-12(16)7-2-1-3-7/h4-7H,1-3H2,(H2,14,17)(H,15,16). The van der Waals surface area contributed by atoms with Crippen molar-refractivity contribution in [2.24, 2.45) is 11.7 Å². The molecule has 0 saturated heterocycles. The van der Waals surface area contributed by atoms with Crippen molar-refractivity contribution < 1.29 is 4.79 Å². The minimum absolute atomic E-state index is 0.0428. The molecule has 17 heavy (non-hydrogen) atoms. The van der Waals surface area contributed by atoms with Gasteiger partial charge in [-0.05, 0) is 31.0 Å². The van der Waals surface area contributed by atoms with Gasteiger partial charge in [0.25, 0.3) is 0 Å². The number of amides is 1. The van der Waals surface area contributed by atoms with E-state index >= 15 is 0 Å². The van der Waals surface area contributed by atoms with Crippen LogP contribution in [0.1, 0.15) is 24.8 Å². The Morgan fingerprint density at radius 3 is 2.65 bits per heavy atom. The quantitative estimate of drug-likeness (QED) is 0.829. The molecule has 1 aliphatic carbocycles. The summed E-state index contributed by atoms with van der Waals surface area (Å²) in [5, 5.41) is 3.28. The Kier molecular flexibility index (Phi) is 3.64. The number of carbonyl (C=O) groups is 1. The number of anilines is 1. The van der Waals surface area contributed by atoms with Crippen LogP contribution in [0.3, 0.4) is 0 Å². The molecule has 1 saturated carbocycles. The molecule has 90 valence electrons. The van der Waals surface area contributed by atoms with Crippen molar-refractivity contribution in [3.8, 4) is 0 Å². The van der Waals surface area contributed by atoms with E-state index in [-0.39, 0.29) is 11.8 Å². The first-order chi connectivity index (χ1) is 8.08. The Bertz CT molecular complexity index is 472.